The zero-order valence-corrected chi connectivity index (χ0v) is 14.1. The fourth-order valence-electron chi connectivity index (χ4n) is 2.28. The second kappa shape index (κ2) is 9.09. The average molecular weight is 346 g/mol. The number of pyridine rings is 1. The lowest BCUT2D eigenvalue weighted by Gasteiger charge is -2.05. The molecule has 1 amide bonds. The monoisotopic (exact) mass is 346 g/mol. The summed E-state index contributed by atoms with van der Waals surface area (Å²) in [5.74, 6) is 6.85. The molecule has 0 atom stereocenters. The number of aromatic nitrogens is 1. The Kier molecular flexibility index (Phi) is 6.05. The van der Waals surface area contributed by atoms with E-state index in [4.69, 9.17) is 9.47 Å². The van der Waals surface area contributed by atoms with E-state index in [0.717, 1.165) is 10.9 Å². The van der Waals surface area contributed by atoms with Gasteiger partial charge in [0.05, 0.1) is 6.54 Å². The highest BCUT2D eigenvalue weighted by Gasteiger charge is 2.02. The Morgan fingerprint density at radius 2 is 1.81 bits per heavy atom. The Bertz CT molecular complexity index is 925. The highest BCUT2D eigenvalue weighted by molar-refractivity contribution is 5.84. The molecule has 0 aliphatic carbocycles. The second-order valence-corrected chi connectivity index (χ2v) is 5.35. The van der Waals surface area contributed by atoms with Gasteiger partial charge < -0.3 is 14.8 Å². The van der Waals surface area contributed by atoms with E-state index in [1.54, 1.807) is 18.3 Å². The van der Waals surface area contributed by atoms with Crippen LogP contribution in [0.25, 0.3) is 10.9 Å². The van der Waals surface area contributed by atoms with Crippen molar-refractivity contribution in [2.75, 3.05) is 19.8 Å². The Balaban J connectivity index is 1.39. The minimum absolute atomic E-state index is 0.0378. The molecule has 1 heterocycles. The van der Waals surface area contributed by atoms with Crippen LogP contribution in [0.1, 0.15) is 0 Å². The third-order valence-corrected chi connectivity index (χ3v) is 3.51. The molecule has 0 unspecified atom stereocenters. The van der Waals surface area contributed by atoms with Gasteiger partial charge in [-0.2, -0.15) is 0 Å². The number of nitrogens with zero attached hydrogens (tertiary/aromatic N) is 1. The molecule has 0 saturated heterocycles. The van der Waals surface area contributed by atoms with Gasteiger partial charge in [-0.05, 0) is 24.3 Å². The van der Waals surface area contributed by atoms with Crippen molar-refractivity contribution in [3.05, 3.63) is 66.9 Å². The van der Waals surface area contributed by atoms with Crippen molar-refractivity contribution in [1.29, 1.82) is 0 Å². The number of fused-ring (bicyclic) bond motifs is 1. The van der Waals surface area contributed by atoms with Crippen LogP contribution in [0.2, 0.25) is 0 Å². The van der Waals surface area contributed by atoms with Crippen LogP contribution >= 0.6 is 0 Å². The highest BCUT2D eigenvalue weighted by Crippen LogP contribution is 2.22. The molecule has 130 valence electrons. The summed E-state index contributed by atoms with van der Waals surface area (Å²) < 4.78 is 11.0. The Hall–Kier alpha value is -3.52. The molecule has 0 aliphatic rings. The zero-order chi connectivity index (χ0) is 18.0. The van der Waals surface area contributed by atoms with Crippen molar-refractivity contribution in [3.63, 3.8) is 0 Å². The number of rotatable bonds is 6. The number of nitrogens with one attached hydrogen (secondary N) is 1. The van der Waals surface area contributed by atoms with Crippen molar-refractivity contribution in [1.82, 2.24) is 10.3 Å². The largest absolute Gasteiger partial charge is 0.484 e. The van der Waals surface area contributed by atoms with Gasteiger partial charge in [0.2, 0.25) is 0 Å². The number of amides is 1. The molecule has 0 saturated carbocycles. The maximum absolute atomic E-state index is 11.7. The van der Waals surface area contributed by atoms with E-state index < -0.39 is 0 Å². The van der Waals surface area contributed by atoms with Crippen LogP contribution < -0.4 is 14.8 Å². The SMILES string of the molecule is O=C(COc1ccccc1)NCC#CCOc1cccc2cccnc12. The molecule has 1 N–H and O–H groups in total. The van der Waals surface area contributed by atoms with Crippen LogP contribution in [-0.2, 0) is 4.79 Å². The first kappa shape index (κ1) is 17.3. The molecule has 0 bridgehead atoms. The molecule has 26 heavy (non-hydrogen) atoms. The maximum atomic E-state index is 11.7. The van der Waals surface area contributed by atoms with E-state index in [1.165, 1.54) is 0 Å². The molecule has 1 aromatic heterocycles. The van der Waals surface area contributed by atoms with E-state index in [9.17, 15) is 4.79 Å². The lowest BCUT2D eigenvalue weighted by Crippen LogP contribution is -2.29. The minimum Gasteiger partial charge on any atom is -0.484 e. The molecule has 5 heteroatoms. The van der Waals surface area contributed by atoms with Gasteiger partial charge in [0.25, 0.3) is 5.91 Å². The average Bonchev–Trinajstić information content (AvgIpc) is 2.70. The summed E-state index contributed by atoms with van der Waals surface area (Å²) in [6, 6.07) is 18.8. The number of hydrogen-bond donors (Lipinski definition) is 1. The molecular weight excluding hydrogens is 328 g/mol. The molecule has 0 aliphatic heterocycles. The van der Waals surface area contributed by atoms with Gasteiger partial charge in [-0.25, -0.2) is 0 Å². The quantitative estimate of drug-likeness (QED) is 0.697. The summed E-state index contributed by atoms with van der Waals surface area (Å²) in [5, 5.41) is 3.69. The maximum Gasteiger partial charge on any atom is 0.258 e. The van der Waals surface area contributed by atoms with Gasteiger partial charge in [0.15, 0.2) is 6.61 Å². The first-order chi connectivity index (χ1) is 12.8. The zero-order valence-electron chi connectivity index (χ0n) is 14.1. The second-order valence-electron chi connectivity index (χ2n) is 5.35. The highest BCUT2D eigenvalue weighted by atomic mass is 16.5. The van der Waals surface area contributed by atoms with Gasteiger partial charge in [-0.1, -0.05) is 48.2 Å². The number of carbonyl (C=O) groups excluding carboxylic acids is 1. The molecule has 0 spiro atoms. The van der Waals surface area contributed by atoms with E-state index in [0.29, 0.717) is 11.5 Å². The van der Waals surface area contributed by atoms with Crippen molar-refractivity contribution in [3.8, 4) is 23.3 Å². The number of benzene rings is 2. The Labute approximate surface area is 152 Å². The van der Waals surface area contributed by atoms with Crippen molar-refractivity contribution >= 4 is 16.8 Å². The van der Waals surface area contributed by atoms with E-state index in [-0.39, 0.29) is 25.7 Å². The number of para-hydroxylation sites is 2. The van der Waals surface area contributed by atoms with Crippen molar-refractivity contribution in [2.45, 2.75) is 0 Å². The molecular formula is C21H18N2O3. The Morgan fingerprint density at radius 1 is 0.962 bits per heavy atom. The topological polar surface area (TPSA) is 60.5 Å². The Morgan fingerprint density at radius 3 is 2.69 bits per heavy atom. The first-order valence-corrected chi connectivity index (χ1v) is 8.20. The van der Waals surface area contributed by atoms with Crippen LogP contribution in [0.3, 0.4) is 0 Å². The number of ether oxygens (including phenoxy) is 2. The summed E-state index contributed by atoms with van der Waals surface area (Å²) in [6.45, 7) is 0.435. The normalized spacial score (nSPS) is 9.85. The third-order valence-electron chi connectivity index (χ3n) is 3.51. The molecule has 5 nitrogen and oxygen atoms in total. The van der Waals surface area contributed by atoms with Gasteiger partial charge in [0.1, 0.15) is 23.6 Å². The molecule has 3 rings (SSSR count). The third kappa shape index (κ3) is 4.99. The van der Waals surface area contributed by atoms with Gasteiger partial charge >= 0.3 is 0 Å². The predicted molar refractivity (Wildman–Crippen MR) is 100.0 cm³/mol. The lowest BCUT2D eigenvalue weighted by molar-refractivity contribution is -0.122. The minimum atomic E-state index is -0.220. The predicted octanol–water partition coefficient (Wildman–Crippen LogP) is 2.81. The van der Waals surface area contributed by atoms with Crippen LogP contribution in [-0.4, -0.2) is 30.6 Å². The van der Waals surface area contributed by atoms with Crippen molar-refractivity contribution < 1.29 is 14.3 Å². The van der Waals surface area contributed by atoms with E-state index in [2.05, 4.69) is 22.1 Å². The van der Waals surface area contributed by atoms with Gasteiger partial charge in [0, 0.05) is 11.6 Å². The van der Waals surface area contributed by atoms with Gasteiger partial charge in [-0.3, -0.25) is 9.78 Å². The smallest absolute Gasteiger partial charge is 0.258 e. The number of carbonyl (C=O) groups is 1. The standard InChI is InChI=1S/C21H18N2O3/c24-20(16-26-18-10-2-1-3-11-18)22-13-4-5-15-25-19-12-6-8-17-9-7-14-23-21(17)19/h1-3,6-12,14H,13,15-16H2,(H,22,24). The summed E-state index contributed by atoms with van der Waals surface area (Å²) in [6.07, 6.45) is 1.73. The fourth-order valence-corrected chi connectivity index (χ4v) is 2.28. The van der Waals surface area contributed by atoms with Crippen LogP contribution in [0.4, 0.5) is 0 Å². The first-order valence-electron chi connectivity index (χ1n) is 8.20. The van der Waals surface area contributed by atoms with E-state index >= 15 is 0 Å². The molecule has 2 aromatic carbocycles. The molecule has 0 radical (unpaired) electrons. The summed E-state index contributed by atoms with van der Waals surface area (Å²) in [4.78, 5) is 16.0. The van der Waals surface area contributed by atoms with E-state index in [1.807, 2.05) is 48.5 Å². The fraction of sp³-hybridized carbons (Fsp3) is 0.143. The lowest BCUT2D eigenvalue weighted by atomic mass is 10.2. The molecule has 0 fully saturated rings. The summed E-state index contributed by atoms with van der Waals surface area (Å²) in [5.41, 5.74) is 0.808. The summed E-state index contributed by atoms with van der Waals surface area (Å²) in [7, 11) is 0. The van der Waals surface area contributed by atoms with Crippen molar-refractivity contribution in [2.24, 2.45) is 0 Å². The van der Waals surface area contributed by atoms with Crippen LogP contribution in [0.5, 0.6) is 11.5 Å². The molecule has 3 aromatic rings. The van der Waals surface area contributed by atoms with Gasteiger partial charge in [-0.15, -0.1) is 0 Å². The summed E-state index contributed by atoms with van der Waals surface area (Å²) >= 11 is 0. The van der Waals surface area contributed by atoms with Crippen LogP contribution in [0, 0.1) is 11.8 Å². The number of hydrogen-bond acceptors (Lipinski definition) is 4. The van der Waals surface area contributed by atoms with Crippen LogP contribution in [0.15, 0.2) is 66.9 Å².